The fourth-order valence-corrected chi connectivity index (χ4v) is 4.35. The molecule has 1 aliphatic heterocycles. The lowest BCUT2D eigenvalue weighted by molar-refractivity contribution is 0.0944. The number of furan rings is 1. The summed E-state index contributed by atoms with van der Waals surface area (Å²) in [5, 5.41) is 7.19. The van der Waals surface area contributed by atoms with Gasteiger partial charge >= 0.3 is 0 Å². The van der Waals surface area contributed by atoms with E-state index in [4.69, 9.17) is 4.42 Å². The number of anilines is 2. The van der Waals surface area contributed by atoms with Crippen LogP contribution in [0.3, 0.4) is 0 Å². The van der Waals surface area contributed by atoms with Crippen molar-refractivity contribution < 1.29 is 9.21 Å². The molecule has 0 aliphatic carbocycles. The third kappa shape index (κ3) is 5.28. The number of amides is 1. The second-order valence-electron chi connectivity index (χ2n) is 8.27. The number of aryl methyl sites for hydroxylation is 1. The van der Waals surface area contributed by atoms with Crippen LogP contribution in [0.15, 0.2) is 45.5 Å². The van der Waals surface area contributed by atoms with E-state index < -0.39 is 0 Å². The Morgan fingerprint density at radius 1 is 1.29 bits per heavy atom. The topological polar surface area (TPSA) is 70.4 Å². The number of halogens is 1. The zero-order chi connectivity index (χ0) is 21.8. The summed E-state index contributed by atoms with van der Waals surface area (Å²) in [6, 6.07) is 10.2. The molecule has 0 radical (unpaired) electrons. The number of piperidine rings is 1. The fraction of sp³-hybridized carbons (Fsp3) is 0.417. The number of pyridine rings is 1. The number of rotatable bonds is 7. The summed E-state index contributed by atoms with van der Waals surface area (Å²) in [6.07, 6.45) is 6.42. The highest BCUT2D eigenvalue weighted by atomic mass is 79.9. The number of benzene rings is 1. The van der Waals surface area contributed by atoms with Crippen LogP contribution >= 0.6 is 15.9 Å². The van der Waals surface area contributed by atoms with Crippen molar-refractivity contribution in [3.05, 3.63) is 52.3 Å². The van der Waals surface area contributed by atoms with Crippen LogP contribution < -0.4 is 10.6 Å². The first kappa shape index (κ1) is 21.8. The lowest BCUT2D eigenvalue weighted by Gasteiger charge is -2.33. The minimum absolute atomic E-state index is 0.181. The lowest BCUT2D eigenvalue weighted by atomic mass is 10.0. The van der Waals surface area contributed by atoms with Crippen LogP contribution in [0.1, 0.15) is 48.7 Å². The molecule has 0 bridgehead atoms. The van der Waals surface area contributed by atoms with Gasteiger partial charge in [-0.05, 0) is 69.5 Å². The van der Waals surface area contributed by atoms with Crippen LogP contribution in [0.4, 0.5) is 11.5 Å². The second-order valence-corrected chi connectivity index (χ2v) is 9.12. The first-order chi connectivity index (χ1) is 15.0. The average molecular weight is 485 g/mol. The smallest absolute Gasteiger partial charge is 0.270 e. The molecule has 31 heavy (non-hydrogen) atoms. The normalized spacial score (nSPS) is 17.1. The van der Waals surface area contributed by atoms with E-state index in [0.29, 0.717) is 29.7 Å². The van der Waals surface area contributed by atoms with Crippen LogP contribution in [-0.2, 0) is 0 Å². The van der Waals surface area contributed by atoms with E-state index in [1.807, 2.05) is 31.2 Å². The predicted octanol–water partition coefficient (Wildman–Crippen LogP) is 5.64. The first-order valence-corrected chi connectivity index (χ1v) is 11.7. The van der Waals surface area contributed by atoms with Gasteiger partial charge in [0.1, 0.15) is 17.1 Å². The number of nitrogens with one attached hydrogen (secondary N) is 2. The van der Waals surface area contributed by atoms with Crippen molar-refractivity contribution in [1.29, 1.82) is 0 Å². The summed E-state index contributed by atoms with van der Waals surface area (Å²) in [7, 11) is 0. The van der Waals surface area contributed by atoms with Crippen molar-refractivity contribution in [3.8, 4) is 0 Å². The minimum Gasteiger partial charge on any atom is -0.464 e. The number of nitrogens with zero attached hydrogens (tertiary/aromatic N) is 2. The molecule has 3 aromatic rings. The number of carbonyl (C=O) groups is 1. The summed E-state index contributed by atoms with van der Waals surface area (Å²) in [5.41, 5.74) is 3.01. The summed E-state index contributed by atoms with van der Waals surface area (Å²) < 4.78 is 6.62. The average Bonchev–Trinajstić information content (AvgIpc) is 3.24. The molecule has 4 rings (SSSR count). The summed E-state index contributed by atoms with van der Waals surface area (Å²) >= 11 is 3.52. The van der Waals surface area contributed by atoms with E-state index >= 15 is 0 Å². The van der Waals surface area contributed by atoms with Crippen LogP contribution in [0.2, 0.25) is 0 Å². The van der Waals surface area contributed by atoms with Crippen molar-refractivity contribution in [2.24, 2.45) is 0 Å². The van der Waals surface area contributed by atoms with Crippen LogP contribution in [0.25, 0.3) is 11.0 Å². The van der Waals surface area contributed by atoms with Crippen molar-refractivity contribution in [3.63, 3.8) is 0 Å². The lowest BCUT2D eigenvalue weighted by Crippen LogP contribution is -2.39. The molecular weight excluding hydrogens is 456 g/mol. The Hall–Kier alpha value is -2.38. The molecule has 3 heterocycles. The van der Waals surface area contributed by atoms with Gasteiger partial charge in [0.25, 0.3) is 5.91 Å². The molecule has 1 amide bonds. The van der Waals surface area contributed by atoms with E-state index in [-0.39, 0.29) is 5.91 Å². The molecular formula is C24H29BrN4O2. The Labute approximate surface area is 191 Å². The maximum Gasteiger partial charge on any atom is 0.270 e. The Morgan fingerprint density at radius 2 is 2.16 bits per heavy atom. The fourth-order valence-electron chi connectivity index (χ4n) is 4.10. The molecule has 6 nitrogen and oxygen atoms in total. The zero-order valence-corrected chi connectivity index (χ0v) is 19.7. The highest BCUT2D eigenvalue weighted by molar-refractivity contribution is 9.10. The molecule has 1 atom stereocenters. The van der Waals surface area contributed by atoms with E-state index in [0.717, 1.165) is 40.6 Å². The molecule has 2 aromatic heterocycles. The zero-order valence-electron chi connectivity index (χ0n) is 18.1. The van der Waals surface area contributed by atoms with Gasteiger partial charge in [-0.3, -0.25) is 4.79 Å². The van der Waals surface area contributed by atoms with Crippen LogP contribution in [0, 0.1) is 6.92 Å². The van der Waals surface area contributed by atoms with Crippen LogP contribution in [0.5, 0.6) is 0 Å². The number of hydrogen-bond acceptors (Lipinski definition) is 5. The van der Waals surface area contributed by atoms with Gasteiger partial charge in [-0.1, -0.05) is 22.4 Å². The van der Waals surface area contributed by atoms with Crippen molar-refractivity contribution in [2.75, 3.05) is 25.0 Å². The van der Waals surface area contributed by atoms with Gasteiger partial charge in [0, 0.05) is 35.4 Å². The second kappa shape index (κ2) is 9.83. The Morgan fingerprint density at radius 3 is 2.97 bits per heavy atom. The van der Waals surface area contributed by atoms with E-state index in [1.54, 1.807) is 12.3 Å². The molecule has 1 aliphatic rings. The summed E-state index contributed by atoms with van der Waals surface area (Å²) in [6.45, 7) is 7.14. The predicted molar refractivity (Wildman–Crippen MR) is 128 cm³/mol. The molecule has 2 N–H and O–H groups in total. The minimum atomic E-state index is -0.181. The monoisotopic (exact) mass is 484 g/mol. The molecule has 0 saturated carbocycles. The number of fused-ring (bicyclic) bond motifs is 1. The number of hydrogen-bond donors (Lipinski definition) is 2. The molecule has 1 saturated heterocycles. The Balaban J connectivity index is 1.42. The number of likely N-dealkylation sites (tertiary alicyclic amines) is 1. The van der Waals surface area contributed by atoms with Gasteiger partial charge in [-0.2, -0.15) is 0 Å². The SMILES string of the molecule is Cc1cc(Nc2nc(C(=O)NCCCN3CCCC[C@H]3C)cc3occc23)ccc1Br. The van der Waals surface area contributed by atoms with Gasteiger partial charge in [-0.25, -0.2) is 4.98 Å². The molecule has 164 valence electrons. The largest absolute Gasteiger partial charge is 0.464 e. The number of carbonyl (C=O) groups excluding carboxylic acids is 1. The van der Waals surface area contributed by atoms with Gasteiger partial charge < -0.3 is 20.0 Å². The van der Waals surface area contributed by atoms with Gasteiger partial charge in [-0.15, -0.1) is 0 Å². The first-order valence-electron chi connectivity index (χ1n) is 10.9. The number of aromatic nitrogens is 1. The molecule has 1 aromatic carbocycles. The van der Waals surface area contributed by atoms with Gasteiger partial charge in [0.2, 0.25) is 0 Å². The van der Waals surface area contributed by atoms with Crippen LogP contribution in [-0.4, -0.2) is 41.5 Å². The van der Waals surface area contributed by atoms with Crippen molar-refractivity contribution in [2.45, 2.75) is 45.6 Å². The molecule has 7 heteroatoms. The quantitative estimate of drug-likeness (QED) is 0.424. The van der Waals surface area contributed by atoms with E-state index in [9.17, 15) is 4.79 Å². The van der Waals surface area contributed by atoms with E-state index in [1.165, 1.54) is 19.3 Å². The maximum atomic E-state index is 12.8. The molecule has 0 spiro atoms. The standard InChI is InChI=1S/C24H29BrN4O2/c1-16-14-18(7-8-20(16)25)27-23-19-9-13-31-22(19)15-21(28-23)24(30)26-10-5-12-29-11-4-3-6-17(29)2/h7-9,13-15,17H,3-6,10-12H2,1-2H3,(H,26,30)(H,27,28)/t17-/m1/s1. The van der Waals surface area contributed by atoms with Gasteiger partial charge in [0.05, 0.1) is 11.6 Å². The molecule has 1 fully saturated rings. The highest BCUT2D eigenvalue weighted by Crippen LogP contribution is 2.28. The van der Waals surface area contributed by atoms with Gasteiger partial charge in [0.15, 0.2) is 0 Å². The highest BCUT2D eigenvalue weighted by Gasteiger charge is 2.18. The van der Waals surface area contributed by atoms with Crippen molar-refractivity contribution >= 4 is 44.3 Å². The maximum absolute atomic E-state index is 12.8. The Bertz CT molecular complexity index is 1060. The third-order valence-electron chi connectivity index (χ3n) is 5.95. The van der Waals surface area contributed by atoms with E-state index in [2.05, 4.69) is 43.4 Å². The summed E-state index contributed by atoms with van der Waals surface area (Å²) in [4.78, 5) is 19.9. The summed E-state index contributed by atoms with van der Waals surface area (Å²) in [5.74, 6) is 0.431. The van der Waals surface area contributed by atoms with Crippen molar-refractivity contribution in [1.82, 2.24) is 15.2 Å². The third-order valence-corrected chi connectivity index (χ3v) is 6.84. The Kier molecular flexibility index (Phi) is 6.92. The molecule has 0 unspecified atom stereocenters.